The van der Waals surface area contributed by atoms with Crippen molar-refractivity contribution in [3.8, 4) is 0 Å². The van der Waals surface area contributed by atoms with Gasteiger partial charge in [0.2, 0.25) is 0 Å². The second-order valence-corrected chi connectivity index (χ2v) is 6.77. The van der Waals surface area contributed by atoms with E-state index in [2.05, 4.69) is 10.1 Å². The fourth-order valence-electron chi connectivity index (χ4n) is 3.34. The third-order valence-corrected chi connectivity index (χ3v) is 4.77. The zero-order chi connectivity index (χ0) is 31.9. The summed E-state index contributed by atoms with van der Waals surface area (Å²) in [6, 6.07) is 6.35. The smallest absolute Gasteiger partial charge is 0.416 e. The van der Waals surface area contributed by atoms with Crippen LogP contribution in [0.5, 0.6) is 0 Å². The highest BCUT2D eigenvalue weighted by Crippen LogP contribution is 2.42. The zero-order valence-electron chi connectivity index (χ0n) is 26.4. The quantitative estimate of drug-likeness (QED) is 0.611. The number of alkyl carbamates (subject to hydrolysis) is 1. The summed E-state index contributed by atoms with van der Waals surface area (Å²) in [6.07, 6.45) is -12.1. The van der Waals surface area contributed by atoms with Crippen molar-refractivity contribution in [1.82, 2.24) is 5.32 Å². The van der Waals surface area contributed by atoms with Crippen molar-refractivity contribution in [1.29, 1.82) is 0 Å². The maximum atomic E-state index is 13.6. The normalized spacial score (nSPS) is 24.3. The first-order valence-corrected chi connectivity index (χ1v) is 9.27. The van der Waals surface area contributed by atoms with Gasteiger partial charge in [-0.2, -0.15) is 13.2 Å². The molecule has 0 spiro atoms. The Bertz CT molecular complexity index is 1300. The standard InChI is InChI=1S/C23H25F3N2O4/c1-3-17-13-19(27-21(29)32-14-15-8-6-5-7-9-15)18-12-16(23(24,25)26)10-11-20(18)28(17)22(30)31-4-2/h5-12,17,19H,3-4,13-14H2,1-2H3,(H,27,29)/t17-,19+/m1/s1/i1D3,2D3,3D2,4D2. The van der Waals surface area contributed by atoms with Crippen LogP contribution >= 0.6 is 0 Å². The minimum atomic E-state index is -4.92. The van der Waals surface area contributed by atoms with Crippen molar-refractivity contribution in [2.75, 3.05) is 11.5 Å². The lowest BCUT2D eigenvalue weighted by atomic mass is 9.89. The maximum absolute atomic E-state index is 13.6. The summed E-state index contributed by atoms with van der Waals surface area (Å²) in [5.74, 6) is 0. The number of halogens is 3. The van der Waals surface area contributed by atoms with Crippen LogP contribution in [-0.4, -0.2) is 24.8 Å². The van der Waals surface area contributed by atoms with Crippen LogP contribution in [0.25, 0.3) is 0 Å². The average Bonchev–Trinajstić information content (AvgIpc) is 2.85. The number of fused-ring (bicyclic) bond motifs is 1. The van der Waals surface area contributed by atoms with Gasteiger partial charge in [0.05, 0.1) is 26.6 Å². The molecular formula is C23H25F3N2O4. The summed E-state index contributed by atoms with van der Waals surface area (Å²) in [5.41, 5.74) is -1.70. The third-order valence-electron chi connectivity index (χ3n) is 4.77. The molecule has 1 aliphatic rings. The van der Waals surface area contributed by atoms with Gasteiger partial charge in [0, 0.05) is 17.0 Å². The lowest BCUT2D eigenvalue weighted by Crippen LogP contribution is -2.47. The lowest BCUT2D eigenvalue weighted by molar-refractivity contribution is -0.137. The number of hydrogen-bond donors (Lipinski definition) is 1. The average molecular weight is 461 g/mol. The largest absolute Gasteiger partial charge is 0.449 e. The van der Waals surface area contributed by atoms with E-state index in [9.17, 15) is 22.8 Å². The second-order valence-electron chi connectivity index (χ2n) is 6.77. The van der Waals surface area contributed by atoms with Crippen molar-refractivity contribution < 1.29 is 45.9 Å². The number of anilines is 1. The number of ether oxygens (including phenoxy) is 2. The van der Waals surface area contributed by atoms with Gasteiger partial charge in [-0.05, 0) is 49.0 Å². The van der Waals surface area contributed by atoms with Crippen LogP contribution in [0.15, 0.2) is 48.5 Å². The molecule has 0 saturated heterocycles. The van der Waals surface area contributed by atoms with Gasteiger partial charge in [-0.25, -0.2) is 9.59 Å². The maximum Gasteiger partial charge on any atom is 0.416 e. The lowest BCUT2D eigenvalue weighted by Gasteiger charge is -2.40. The molecule has 2 aromatic carbocycles. The van der Waals surface area contributed by atoms with Crippen LogP contribution in [0.2, 0.25) is 0 Å². The Morgan fingerprint density at radius 2 is 1.97 bits per heavy atom. The van der Waals surface area contributed by atoms with Crippen molar-refractivity contribution >= 4 is 17.9 Å². The number of alkyl halides is 3. The topological polar surface area (TPSA) is 67.9 Å². The Morgan fingerprint density at radius 3 is 2.66 bits per heavy atom. The summed E-state index contributed by atoms with van der Waals surface area (Å²) in [7, 11) is 0. The highest BCUT2D eigenvalue weighted by molar-refractivity contribution is 5.90. The van der Waals surface area contributed by atoms with Crippen LogP contribution in [-0.2, 0) is 22.3 Å². The van der Waals surface area contributed by atoms with E-state index in [-0.39, 0.29) is 11.5 Å². The molecule has 0 bridgehead atoms. The van der Waals surface area contributed by atoms with E-state index in [0.717, 1.165) is 0 Å². The molecule has 0 aromatic heterocycles. The molecule has 0 unspecified atom stereocenters. The number of amides is 2. The van der Waals surface area contributed by atoms with E-state index in [4.69, 9.17) is 18.4 Å². The number of nitrogens with one attached hydrogen (secondary N) is 1. The molecule has 3 rings (SSSR count). The third kappa shape index (κ3) is 5.33. The monoisotopic (exact) mass is 460 g/mol. The van der Waals surface area contributed by atoms with Crippen molar-refractivity contribution in [3.63, 3.8) is 0 Å². The highest BCUT2D eigenvalue weighted by atomic mass is 19.4. The summed E-state index contributed by atoms with van der Waals surface area (Å²) in [4.78, 5) is 26.1. The Kier molecular flexibility index (Phi) is 4.14. The van der Waals surface area contributed by atoms with Crippen molar-refractivity contribution in [2.45, 2.75) is 51.4 Å². The molecule has 2 aromatic rings. The summed E-state index contributed by atoms with van der Waals surface area (Å²) < 4.78 is 127. The van der Waals surface area contributed by atoms with Gasteiger partial charge < -0.3 is 14.8 Å². The molecule has 0 fully saturated rings. The molecule has 32 heavy (non-hydrogen) atoms. The molecule has 0 aliphatic carbocycles. The minimum Gasteiger partial charge on any atom is -0.449 e. The second kappa shape index (κ2) is 9.93. The Balaban J connectivity index is 2.11. The molecule has 2 amide bonds. The number of rotatable bonds is 5. The Labute approximate surface area is 198 Å². The van der Waals surface area contributed by atoms with Crippen LogP contribution in [0, 0.1) is 0 Å². The molecule has 9 heteroatoms. The van der Waals surface area contributed by atoms with Gasteiger partial charge in [-0.1, -0.05) is 37.2 Å². The first-order chi connectivity index (χ1) is 19.1. The zero-order valence-corrected chi connectivity index (χ0v) is 16.4. The molecule has 1 heterocycles. The number of benzene rings is 2. The summed E-state index contributed by atoms with van der Waals surface area (Å²) >= 11 is 0. The SMILES string of the molecule is [2H]C([2H])([2H])C([2H])([2H])OC(=O)N1c2ccc(C(F)(F)F)cc2[C@@H](NC(=O)OCc2ccccc2)C[C@H]1C([2H])([2H])C([2H])([2H])[2H]. The highest BCUT2D eigenvalue weighted by Gasteiger charge is 2.39. The van der Waals surface area contributed by atoms with E-state index in [1.807, 2.05) is 0 Å². The van der Waals surface area contributed by atoms with Gasteiger partial charge in [-0.3, -0.25) is 4.90 Å². The predicted octanol–water partition coefficient (Wildman–Crippen LogP) is 5.82. The van der Waals surface area contributed by atoms with E-state index in [1.54, 1.807) is 30.3 Å². The van der Waals surface area contributed by atoms with Crippen molar-refractivity contribution in [3.05, 3.63) is 65.2 Å². The van der Waals surface area contributed by atoms with Gasteiger partial charge in [0.1, 0.15) is 6.61 Å². The van der Waals surface area contributed by atoms with E-state index in [0.29, 0.717) is 23.8 Å². The van der Waals surface area contributed by atoms with Crippen LogP contribution < -0.4 is 10.2 Å². The van der Waals surface area contributed by atoms with Crippen molar-refractivity contribution in [2.24, 2.45) is 0 Å². The number of carbonyl (C=O) groups is 2. The van der Waals surface area contributed by atoms with E-state index in [1.165, 1.54) is 0 Å². The Hall–Kier alpha value is -3.23. The predicted molar refractivity (Wildman–Crippen MR) is 112 cm³/mol. The van der Waals surface area contributed by atoms with Gasteiger partial charge in [0.15, 0.2) is 0 Å². The fourth-order valence-corrected chi connectivity index (χ4v) is 3.34. The molecule has 1 N–H and O–H groups in total. The van der Waals surface area contributed by atoms with E-state index < -0.39 is 80.3 Å². The van der Waals surface area contributed by atoms with Gasteiger partial charge in [-0.15, -0.1) is 0 Å². The molecular weight excluding hydrogens is 425 g/mol. The molecule has 6 nitrogen and oxygen atoms in total. The number of carbonyl (C=O) groups excluding carboxylic acids is 2. The fraction of sp³-hybridized carbons (Fsp3) is 0.391. The molecule has 0 radical (unpaired) electrons. The van der Waals surface area contributed by atoms with Crippen LogP contribution in [0.1, 0.15) is 62.9 Å². The van der Waals surface area contributed by atoms with Crippen LogP contribution in [0.4, 0.5) is 28.4 Å². The Morgan fingerprint density at radius 1 is 1.19 bits per heavy atom. The molecule has 0 saturated carbocycles. The minimum absolute atomic E-state index is 0.253. The van der Waals surface area contributed by atoms with Crippen LogP contribution in [0.3, 0.4) is 0 Å². The number of hydrogen-bond acceptors (Lipinski definition) is 4. The van der Waals surface area contributed by atoms with Gasteiger partial charge in [0.25, 0.3) is 0 Å². The first-order valence-electron chi connectivity index (χ1n) is 14.3. The summed E-state index contributed by atoms with van der Waals surface area (Å²) in [6.45, 7) is -10.9. The number of nitrogens with zero attached hydrogens (tertiary/aromatic N) is 1. The first kappa shape index (κ1) is 13.3. The molecule has 1 aliphatic heterocycles. The summed E-state index contributed by atoms with van der Waals surface area (Å²) in [5, 5.41) is 2.29. The molecule has 2 atom stereocenters. The van der Waals surface area contributed by atoms with E-state index >= 15 is 0 Å². The molecule has 172 valence electrons. The van der Waals surface area contributed by atoms with Gasteiger partial charge >= 0.3 is 18.4 Å².